The number of carbonyl (C=O) groups is 2. The van der Waals surface area contributed by atoms with Crippen molar-refractivity contribution in [1.29, 1.82) is 0 Å². The number of carboxylic acids is 1. The summed E-state index contributed by atoms with van der Waals surface area (Å²) in [5.74, 6) is -0.931. The van der Waals surface area contributed by atoms with E-state index in [1.165, 1.54) is 4.90 Å². The van der Waals surface area contributed by atoms with Crippen molar-refractivity contribution < 1.29 is 24.5 Å². The maximum absolute atomic E-state index is 12.1. The number of nitrogens with one attached hydrogen (secondary N) is 1. The third kappa shape index (κ3) is 5.04. The molecule has 0 bridgehead atoms. The van der Waals surface area contributed by atoms with Crippen LogP contribution in [0.3, 0.4) is 0 Å². The molecule has 0 spiro atoms. The largest absolute Gasteiger partial charge is 0.481 e. The van der Waals surface area contributed by atoms with Gasteiger partial charge in [0.25, 0.3) is 0 Å². The summed E-state index contributed by atoms with van der Waals surface area (Å²) < 4.78 is 5.19. The van der Waals surface area contributed by atoms with Gasteiger partial charge in [-0.3, -0.25) is 4.79 Å². The molecule has 110 valence electrons. The lowest BCUT2D eigenvalue weighted by atomic mass is 10.1. The number of carboxylic acid groups (broad SMARTS) is 1. The summed E-state index contributed by atoms with van der Waals surface area (Å²) in [6.07, 6.45) is 1.32. The van der Waals surface area contributed by atoms with Gasteiger partial charge in [-0.25, -0.2) is 4.79 Å². The summed E-state index contributed by atoms with van der Waals surface area (Å²) in [5, 5.41) is 20.7. The van der Waals surface area contributed by atoms with Crippen LogP contribution in [0.25, 0.3) is 0 Å². The Morgan fingerprint density at radius 1 is 1.53 bits per heavy atom. The van der Waals surface area contributed by atoms with E-state index in [1.807, 2.05) is 6.92 Å². The number of aliphatic hydroxyl groups excluding tert-OH is 1. The highest BCUT2D eigenvalue weighted by atomic mass is 16.5. The van der Waals surface area contributed by atoms with Gasteiger partial charge in [0, 0.05) is 12.6 Å². The Bertz CT molecular complexity index is 310. The second kappa shape index (κ2) is 7.96. The van der Waals surface area contributed by atoms with E-state index in [1.54, 1.807) is 0 Å². The van der Waals surface area contributed by atoms with Gasteiger partial charge >= 0.3 is 12.0 Å². The fourth-order valence-corrected chi connectivity index (χ4v) is 2.12. The highest BCUT2D eigenvalue weighted by molar-refractivity contribution is 5.76. The normalized spacial score (nSPS) is 20.9. The molecule has 2 unspecified atom stereocenters. The van der Waals surface area contributed by atoms with Crippen LogP contribution in [0, 0.1) is 0 Å². The van der Waals surface area contributed by atoms with E-state index in [2.05, 4.69) is 5.32 Å². The van der Waals surface area contributed by atoms with E-state index in [0.717, 1.165) is 6.42 Å². The molecular weight excluding hydrogens is 252 g/mol. The Labute approximate surface area is 112 Å². The van der Waals surface area contributed by atoms with Crippen molar-refractivity contribution >= 4 is 12.0 Å². The van der Waals surface area contributed by atoms with Gasteiger partial charge in [-0.2, -0.15) is 0 Å². The number of urea groups is 1. The number of hydrogen-bond donors (Lipinski definition) is 3. The van der Waals surface area contributed by atoms with Gasteiger partial charge in [0.15, 0.2) is 0 Å². The first-order valence-corrected chi connectivity index (χ1v) is 6.56. The number of aliphatic hydroxyl groups is 1. The minimum atomic E-state index is -0.931. The zero-order chi connectivity index (χ0) is 14.3. The first kappa shape index (κ1) is 15.7. The van der Waals surface area contributed by atoms with Gasteiger partial charge in [0.1, 0.15) is 0 Å². The van der Waals surface area contributed by atoms with Crippen LogP contribution < -0.4 is 5.32 Å². The third-order valence-electron chi connectivity index (χ3n) is 3.08. The molecule has 1 aliphatic rings. The van der Waals surface area contributed by atoms with Crippen LogP contribution >= 0.6 is 0 Å². The van der Waals surface area contributed by atoms with Crippen molar-refractivity contribution in [3.63, 3.8) is 0 Å². The molecule has 2 atom stereocenters. The Morgan fingerprint density at radius 3 is 2.84 bits per heavy atom. The second-order valence-electron chi connectivity index (χ2n) is 4.64. The maximum Gasteiger partial charge on any atom is 0.318 e. The molecule has 1 saturated heterocycles. The molecule has 0 aliphatic carbocycles. The fraction of sp³-hybridized carbons (Fsp3) is 0.833. The Kier molecular flexibility index (Phi) is 6.58. The first-order chi connectivity index (χ1) is 9.08. The molecule has 1 heterocycles. The standard InChI is InChI=1S/C12H22N2O5/c1-2-3-9(6-11(16)17)13-12(18)14-4-5-19-8-10(14)7-15/h9-10,15H,2-8H2,1H3,(H,13,18)(H,16,17). The number of nitrogens with zero attached hydrogens (tertiary/aromatic N) is 1. The van der Waals surface area contributed by atoms with Crippen molar-refractivity contribution in [3.05, 3.63) is 0 Å². The number of amides is 2. The molecule has 0 saturated carbocycles. The summed E-state index contributed by atoms with van der Waals surface area (Å²) >= 11 is 0. The molecule has 2 amide bonds. The highest BCUT2D eigenvalue weighted by Crippen LogP contribution is 2.09. The van der Waals surface area contributed by atoms with Gasteiger partial charge in [0.2, 0.25) is 0 Å². The summed E-state index contributed by atoms with van der Waals surface area (Å²) in [6.45, 7) is 2.92. The zero-order valence-electron chi connectivity index (χ0n) is 11.2. The monoisotopic (exact) mass is 274 g/mol. The first-order valence-electron chi connectivity index (χ1n) is 6.56. The quantitative estimate of drug-likeness (QED) is 0.635. The average molecular weight is 274 g/mol. The molecule has 3 N–H and O–H groups in total. The number of ether oxygens (including phenoxy) is 1. The van der Waals surface area contributed by atoms with Gasteiger partial charge in [-0.05, 0) is 6.42 Å². The highest BCUT2D eigenvalue weighted by Gasteiger charge is 2.28. The number of carbonyl (C=O) groups excluding carboxylic acids is 1. The van der Waals surface area contributed by atoms with E-state index in [4.69, 9.17) is 9.84 Å². The summed E-state index contributed by atoms with van der Waals surface area (Å²) in [7, 11) is 0. The molecule has 0 aromatic rings. The van der Waals surface area contributed by atoms with Crippen LogP contribution in [0.1, 0.15) is 26.2 Å². The summed E-state index contributed by atoms with van der Waals surface area (Å²) in [5.41, 5.74) is 0. The molecule has 0 aromatic heterocycles. The molecule has 7 heteroatoms. The molecule has 0 aromatic carbocycles. The molecular formula is C12H22N2O5. The van der Waals surface area contributed by atoms with Crippen LogP contribution in [0.5, 0.6) is 0 Å². The van der Waals surface area contributed by atoms with Crippen molar-refractivity contribution in [1.82, 2.24) is 10.2 Å². The second-order valence-corrected chi connectivity index (χ2v) is 4.64. The molecule has 1 aliphatic heterocycles. The van der Waals surface area contributed by atoms with Crippen molar-refractivity contribution in [2.75, 3.05) is 26.4 Å². The lowest BCUT2D eigenvalue weighted by Crippen LogP contribution is -2.55. The molecule has 7 nitrogen and oxygen atoms in total. The van der Waals surface area contributed by atoms with E-state index in [9.17, 15) is 14.7 Å². The van der Waals surface area contributed by atoms with Crippen LogP contribution in [-0.4, -0.2) is 65.6 Å². The molecule has 1 rings (SSSR count). The fourth-order valence-electron chi connectivity index (χ4n) is 2.12. The van der Waals surface area contributed by atoms with Crippen molar-refractivity contribution in [2.24, 2.45) is 0 Å². The van der Waals surface area contributed by atoms with Crippen LogP contribution in [0.4, 0.5) is 4.79 Å². The predicted molar refractivity (Wildman–Crippen MR) is 67.9 cm³/mol. The smallest absolute Gasteiger partial charge is 0.318 e. The maximum atomic E-state index is 12.1. The van der Waals surface area contributed by atoms with E-state index < -0.39 is 5.97 Å². The lowest BCUT2D eigenvalue weighted by Gasteiger charge is -2.35. The predicted octanol–water partition coefficient (Wildman–Crippen LogP) is 0.0325. The Morgan fingerprint density at radius 2 is 2.26 bits per heavy atom. The third-order valence-corrected chi connectivity index (χ3v) is 3.08. The van der Waals surface area contributed by atoms with E-state index >= 15 is 0 Å². The van der Waals surface area contributed by atoms with Crippen molar-refractivity contribution in [2.45, 2.75) is 38.3 Å². The number of rotatable bonds is 6. The summed E-state index contributed by atoms with van der Waals surface area (Å²) in [4.78, 5) is 24.3. The minimum absolute atomic E-state index is 0.0896. The van der Waals surface area contributed by atoms with Crippen LogP contribution in [0.2, 0.25) is 0 Å². The SMILES string of the molecule is CCCC(CC(=O)O)NC(=O)N1CCOCC1CO. The Hall–Kier alpha value is -1.34. The molecule has 19 heavy (non-hydrogen) atoms. The molecule has 0 radical (unpaired) electrons. The van der Waals surface area contributed by atoms with E-state index in [0.29, 0.717) is 26.2 Å². The zero-order valence-corrected chi connectivity index (χ0v) is 11.2. The topological polar surface area (TPSA) is 99.1 Å². The van der Waals surface area contributed by atoms with Gasteiger partial charge < -0.3 is 25.2 Å². The van der Waals surface area contributed by atoms with Gasteiger partial charge in [-0.1, -0.05) is 13.3 Å². The number of hydrogen-bond acceptors (Lipinski definition) is 4. The molecule has 1 fully saturated rings. The average Bonchev–Trinajstić information content (AvgIpc) is 2.38. The van der Waals surface area contributed by atoms with Gasteiger partial charge in [-0.15, -0.1) is 0 Å². The Balaban J connectivity index is 2.56. The van der Waals surface area contributed by atoms with Gasteiger partial charge in [0.05, 0.1) is 32.3 Å². The minimum Gasteiger partial charge on any atom is -0.481 e. The van der Waals surface area contributed by atoms with E-state index in [-0.39, 0.29) is 31.1 Å². The summed E-state index contributed by atoms with van der Waals surface area (Å²) in [6, 6.07) is -1.07. The van der Waals surface area contributed by atoms with Crippen molar-refractivity contribution in [3.8, 4) is 0 Å². The number of morpholine rings is 1. The lowest BCUT2D eigenvalue weighted by molar-refractivity contribution is -0.137. The van der Waals surface area contributed by atoms with Crippen LogP contribution in [-0.2, 0) is 9.53 Å². The van der Waals surface area contributed by atoms with Crippen LogP contribution in [0.15, 0.2) is 0 Å². The number of aliphatic carboxylic acids is 1.